The zero-order chi connectivity index (χ0) is 16.5. The molecule has 0 N–H and O–H groups in total. The molecular weight excluding hydrogens is 330 g/mol. The normalized spacial score (nSPS) is 11.0. The maximum absolute atomic E-state index is 11.5. The number of nitro groups is 1. The highest BCUT2D eigenvalue weighted by molar-refractivity contribution is 7.99. The molecule has 0 bridgehead atoms. The molecule has 24 heavy (non-hydrogen) atoms. The molecule has 3 heterocycles. The molecule has 0 radical (unpaired) electrons. The molecule has 9 nitrogen and oxygen atoms in total. The summed E-state index contributed by atoms with van der Waals surface area (Å²) < 4.78 is 2.94. The Kier molecular flexibility index (Phi) is 3.43. The Hall–Kier alpha value is -3.27. The summed E-state index contributed by atoms with van der Waals surface area (Å²) in [6.45, 7) is 0. The van der Waals surface area contributed by atoms with Gasteiger partial charge in [-0.1, -0.05) is 24.3 Å². The largest absolute Gasteiger partial charge is 0.362 e. The van der Waals surface area contributed by atoms with Crippen LogP contribution in [0.5, 0.6) is 0 Å². The minimum atomic E-state index is -0.459. The molecule has 0 unspecified atom stereocenters. The van der Waals surface area contributed by atoms with E-state index in [-0.39, 0.29) is 10.8 Å². The lowest BCUT2D eigenvalue weighted by atomic mass is 10.3. The zero-order valence-electron chi connectivity index (χ0n) is 12.1. The molecule has 0 amide bonds. The van der Waals surface area contributed by atoms with Crippen LogP contribution < -0.4 is 0 Å². The van der Waals surface area contributed by atoms with E-state index in [4.69, 9.17) is 0 Å². The van der Waals surface area contributed by atoms with E-state index in [9.17, 15) is 10.1 Å². The van der Waals surface area contributed by atoms with Crippen LogP contribution in [0.3, 0.4) is 0 Å². The van der Waals surface area contributed by atoms with Gasteiger partial charge in [0.2, 0.25) is 15.8 Å². The predicted molar refractivity (Wildman–Crippen MR) is 85.1 cm³/mol. The molecule has 0 aliphatic rings. The summed E-state index contributed by atoms with van der Waals surface area (Å²) in [6.07, 6.45) is 1.60. The van der Waals surface area contributed by atoms with Gasteiger partial charge in [0, 0.05) is 6.07 Å². The molecule has 0 saturated heterocycles. The lowest BCUT2D eigenvalue weighted by Crippen LogP contribution is -1.99. The van der Waals surface area contributed by atoms with Crippen LogP contribution in [0.4, 0.5) is 5.82 Å². The Balaban J connectivity index is 1.80. The summed E-state index contributed by atoms with van der Waals surface area (Å²) in [5.74, 6) is -0.113. The molecule has 4 aromatic rings. The third-order valence-corrected chi connectivity index (χ3v) is 4.18. The molecule has 3 aromatic heterocycles. The van der Waals surface area contributed by atoms with Crippen LogP contribution in [0, 0.1) is 10.1 Å². The van der Waals surface area contributed by atoms with E-state index >= 15 is 0 Å². The molecule has 0 atom stereocenters. The van der Waals surface area contributed by atoms with E-state index in [0.29, 0.717) is 10.8 Å². The summed E-state index contributed by atoms with van der Waals surface area (Å²) >= 11 is 1.05. The number of tetrazole rings is 1. The number of para-hydroxylation sites is 1. The van der Waals surface area contributed by atoms with Crippen molar-refractivity contribution in [3.63, 3.8) is 0 Å². The average Bonchev–Trinajstić information content (AvgIpc) is 3.19. The average molecular weight is 339 g/mol. The number of pyridine rings is 1. The van der Waals surface area contributed by atoms with Crippen molar-refractivity contribution >= 4 is 23.2 Å². The van der Waals surface area contributed by atoms with Crippen LogP contribution in [0.15, 0.2) is 64.9 Å². The van der Waals surface area contributed by atoms with E-state index in [2.05, 4.69) is 20.5 Å². The van der Waals surface area contributed by atoms with Gasteiger partial charge >= 0.3 is 5.82 Å². The second-order valence-electron chi connectivity index (χ2n) is 4.74. The van der Waals surface area contributed by atoms with Gasteiger partial charge in [0.05, 0.1) is 11.9 Å². The molecule has 4 rings (SSSR count). The number of fused-ring (bicyclic) bond motifs is 1. The van der Waals surface area contributed by atoms with Gasteiger partial charge in [0.25, 0.3) is 0 Å². The Morgan fingerprint density at radius 3 is 2.67 bits per heavy atom. The maximum atomic E-state index is 11.5. The summed E-state index contributed by atoms with van der Waals surface area (Å²) in [4.78, 5) is 15.3. The lowest BCUT2D eigenvalue weighted by molar-refractivity contribution is -0.393. The Labute approximate surface area is 139 Å². The number of hydrogen-bond acceptors (Lipinski definition) is 7. The van der Waals surface area contributed by atoms with Crippen LogP contribution >= 0.6 is 11.8 Å². The van der Waals surface area contributed by atoms with Crippen molar-refractivity contribution in [2.75, 3.05) is 0 Å². The molecule has 118 valence electrons. The van der Waals surface area contributed by atoms with Gasteiger partial charge in [0.15, 0.2) is 0 Å². The van der Waals surface area contributed by atoms with Crippen molar-refractivity contribution in [2.24, 2.45) is 0 Å². The minimum Gasteiger partial charge on any atom is -0.358 e. The summed E-state index contributed by atoms with van der Waals surface area (Å²) in [5, 5.41) is 23.6. The monoisotopic (exact) mass is 339 g/mol. The van der Waals surface area contributed by atoms with Crippen LogP contribution in [-0.2, 0) is 0 Å². The number of benzene rings is 1. The molecule has 0 saturated carbocycles. The van der Waals surface area contributed by atoms with Gasteiger partial charge in [0.1, 0.15) is 0 Å². The van der Waals surface area contributed by atoms with Crippen molar-refractivity contribution in [3.8, 4) is 5.69 Å². The highest BCUT2D eigenvalue weighted by Crippen LogP contribution is 2.34. The molecule has 0 fully saturated rings. The lowest BCUT2D eigenvalue weighted by Gasteiger charge is -2.02. The Morgan fingerprint density at radius 2 is 1.88 bits per heavy atom. The van der Waals surface area contributed by atoms with E-state index in [1.54, 1.807) is 24.4 Å². The molecule has 0 spiro atoms. The Morgan fingerprint density at radius 1 is 1.08 bits per heavy atom. The second kappa shape index (κ2) is 5.74. The zero-order valence-corrected chi connectivity index (χ0v) is 12.9. The molecule has 10 heteroatoms. The van der Waals surface area contributed by atoms with Crippen molar-refractivity contribution < 1.29 is 4.92 Å². The number of rotatable bonds is 4. The van der Waals surface area contributed by atoms with Crippen molar-refractivity contribution in [1.29, 1.82) is 0 Å². The number of aromatic nitrogens is 6. The minimum absolute atomic E-state index is 0.113. The van der Waals surface area contributed by atoms with Crippen LogP contribution in [0.1, 0.15) is 0 Å². The van der Waals surface area contributed by atoms with E-state index < -0.39 is 4.92 Å². The van der Waals surface area contributed by atoms with Gasteiger partial charge < -0.3 is 10.1 Å². The van der Waals surface area contributed by atoms with E-state index in [1.807, 2.05) is 30.3 Å². The third-order valence-electron chi connectivity index (χ3n) is 3.28. The van der Waals surface area contributed by atoms with Crippen molar-refractivity contribution in [3.05, 3.63) is 64.8 Å². The first-order valence-electron chi connectivity index (χ1n) is 6.87. The van der Waals surface area contributed by atoms with E-state index in [1.165, 1.54) is 9.08 Å². The third kappa shape index (κ3) is 2.38. The van der Waals surface area contributed by atoms with E-state index in [0.717, 1.165) is 17.4 Å². The number of hydrogen-bond donors (Lipinski definition) is 0. The molecule has 0 aliphatic carbocycles. The van der Waals surface area contributed by atoms with Crippen LogP contribution in [0.25, 0.3) is 11.3 Å². The van der Waals surface area contributed by atoms with Gasteiger partial charge in [-0.15, -0.1) is 5.10 Å². The SMILES string of the molecule is O=[N+]([O-])c1c(Sc2nnnn2-c2ccccc2)nc2ccccn12. The molecule has 0 aliphatic heterocycles. The fourth-order valence-corrected chi connectivity index (χ4v) is 3.14. The van der Waals surface area contributed by atoms with Crippen LogP contribution in [-0.4, -0.2) is 34.5 Å². The molecular formula is C14H9N7O2S. The van der Waals surface area contributed by atoms with Crippen molar-refractivity contribution in [1.82, 2.24) is 29.6 Å². The Bertz CT molecular complexity index is 1030. The highest BCUT2D eigenvalue weighted by Gasteiger charge is 2.25. The fourth-order valence-electron chi connectivity index (χ4n) is 2.26. The quantitative estimate of drug-likeness (QED) is 0.415. The van der Waals surface area contributed by atoms with Gasteiger partial charge in [-0.3, -0.25) is 0 Å². The summed E-state index contributed by atoms with van der Waals surface area (Å²) in [5.41, 5.74) is 1.25. The first-order valence-corrected chi connectivity index (χ1v) is 7.69. The highest BCUT2D eigenvalue weighted by atomic mass is 32.2. The topological polar surface area (TPSA) is 104 Å². The predicted octanol–water partition coefficient (Wildman–Crippen LogP) is 2.37. The summed E-state index contributed by atoms with van der Waals surface area (Å²) in [7, 11) is 0. The number of imidazole rings is 1. The van der Waals surface area contributed by atoms with Crippen molar-refractivity contribution in [2.45, 2.75) is 10.2 Å². The molecule has 1 aromatic carbocycles. The standard InChI is InChI=1S/C14H9N7O2S/c22-21(23)13-12(15-11-8-4-5-9-19(11)13)24-14-16-17-18-20(14)10-6-2-1-3-7-10/h1-9H. The fraction of sp³-hybridized carbons (Fsp3) is 0. The van der Waals surface area contributed by atoms with Crippen LogP contribution in [0.2, 0.25) is 0 Å². The summed E-state index contributed by atoms with van der Waals surface area (Å²) in [6, 6.07) is 14.5. The maximum Gasteiger partial charge on any atom is 0.362 e. The number of nitrogens with zero attached hydrogens (tertiary/aromatic N) is 7. The smallest absolute Gasteiger partial charge is 0.358 e. The first-order chi connectivity index (χ1) is 11.7. The van der Waals surface area contributed by atoms with Gasteiger partial charge in [-0.25, -0.2) is 0 Å². The first kappa shape index (κ1) is 14.3. The second-order valence-corrected chi connectivity index (χ2v) is 5.69. The van der Waals surface area contributed by atoms with Gasteiger partial charge in [-0.2, -0.15) is 14.1 Å². The van der Waals surface area contributed by atoms with Gasteiger partial charge in [-0.05, 0) is 45.3 Å².